The van der Waals surface area contributed by atoms with Gasteiger partial charge in [0.25, 0.3) is 0 Å². The molecule has 1 unspecified atom stereocenters. The standard InChI is InChI=1S/C16H25BN6O3.ClH/c18-14(9-5-2-6-10-17(25)26)16-20-21-22-23(16)12-15(24)19-11-13-7-3-1-4-8-13;/h1,3-4,7-8,14,25-26H,2,5-6,9-12,18H2,(H,19,24);1H. The lowest BCUT2D eigenvalue weighted by Gasteiger charge is -2.12. The molecule has 11 heteroatoms. The van der Waals surface area contributed by atoms with Gasteiger partial charge in [0.15, 0.2) is 5.82 Å². The van der Waals surface area contributed by atoms with Crippen LogP contribution in [-0.2, 0) is 17.9 Å². The van der Waals surface area contributed by atoms with Gasteiger partial charge in [-0.15, -0.1) is 17.5 Å². The van der Waals surface area contributed by atoms with Gasteiger partial charge in [0.2, 0.25) is 5.91 Å². The first-order chi connectivity index (χ1) is 12.6. The molecule has 0 bridgehead atoms. The van der Waals surface area contributed by atoms with E-state index in [9.17, 15) is 4.79 Å². The van der Waals surface area contributed by atoms with Gasteiger partial charge in [-0.05, 0) is 28.7 Å². The maximum atomic E-state index is 12.1. The second-order valence-corrected chi connectivity index (χ2v) is 6.18. The van der Waals surface area contributed by atoms with Crippen LogP contribution in [0.3, 0.4) is 0 Å². The Morgan fingerprint density at radius 3 is 2.67 bits per heavy atom. The average Bonchev–Trinajstić information content (AvgIpc) is 3.08. The largest absolute Gasteiger partial charge is 0.451 e. The zero-order valence-corrected chi connectivity index (χ0v) is 15.9. The first kappa shape index (κ1) is 23.0. The van der Waals surface area contributed by atoms with Gasteiger partial charge in [-0.2, -0.15) is 0 Å². The second kappa shape index (κ2) is 12.4. The third-order valence-electron chi connectivity index (χ3n) is 3.99. The van der Waals surface area contributed by atoms with Crippen molar-refractivity contribution in [2.45, 2.75) is 51.1 Å². The van der Waals surface area contributed by atoms with Crippen molar-refractivity contribution in [1.82, 2.24) is 25.5 Å². The fraction of sp³-hybridized carbons (Fsp3) is 0.500. The first-order valence-electron chi connectivity index (χ1n) is 8.74. The number of nitrogens with two attached hydrogens (primary N) is 1. The number of aromatic nitrogens is 4. The summed E-state index contributed by atoms with van der Waals surface area (Å²) in [5, 5.41) is 31.9. The topological polar surface area (TPSA) is 139 Å². The van der Waals surface area contributed by atoms with E-state index in [0.717, 1.165) is 24.8 Å². The van der Waals surface area contributed by atoms with E-state index < -0.39 is 7.12 Å². The highest BCUT2D eigenvalue weighted by molar-refractivity contribution is 6.40. The summed E-state index contributed by atoms with van der Waals surface area (Å²) < 4.78 is 1.42. The SMILES string of the molecule is Cl.NC(CCCCCB(O)O)c1nnnn1CC(=O)NCc1ccccc1. The van der Waals surface area contributed by atoms with Gasteiger partial charge in [-0.3, -0.25) is 4.79 Å². The van der Waals surface area contributed by atoms with E-state index in [4.69, 9.17) is 15.8 Å². The number of hydrogen-bond donors (Lipinski definition) is 4. The molecule has 2 aromatic rings. The molecule has 1 aromatic heterocycles. The molecule has 0 saturated heterocycles. The highest BCUT2D eigenvalue weighted by atomic mass is 35.5. The molecule has 27 heavy (non-hydrogen) atoms. The van der Waals surface area contributed by atoms with Crippen LogP contribution in [0.2, 0.25) is 6.32 Å². The number of rotatable bonds is 11. The predicted octanol–water partition coefficient (Wildman–Crippen LogP) is 0.444. The lowest BCUT2D eigenvalue weighted by molar-refractivity contribution is -0.122. The summed E-state index contributed by atoms with van der Waals surface area (Å²) in [7, 11) is -1.26. The fourth-order valence-corrected chi connectivity index (χ4v) is 2.58. The Morgan fingerprint density at radius 1 is 1.22 bits per heavy atom. The molecule has 0 saturated carbocycles. The van der Waals surface area contributed by atoms with Crippen molar-refractivity contribution in [2.24, 2.45) is 5.73 Å². The number of carbonyl (C=O) groups is 1. The number of tetrazole rings is 1. The zero-order valence-electron chi connectivity index (χ0n) is 15.1. The van der Waals surface area contributed by atoms with E-state index in [0.29, 0.717) is 25.1 Å². The van der Waals surface area contributed by atoms with Gasteiger partial charge in [0.1, 0.15) is 6.54 Å². The van der Waals surface area contributed by atoms with E-state index in [1.54, 1.807) is 0 Å². The van der Waals surface area contributed by atoms with Crippen LogP contribution >= 0.6 is 12.4 Å². The molecule has 0 spiro atoms. The number of benzene rings is 1. The van der Waals surface area contributed by atoms with E-state index in [1.807, 2.05) is 30.3 Å². The smallest absolute Gasteiger partial charge is 0.427 e. The third-order valence-corrected chi connectivity index (χ3v) is 3.99. The highest BCUT2D eigenvalue weighted by Crippen LogP contribution is 2.15. The van der Waals surface area contributed by atoms with Crippen molar-refractivity contribution < 1.29 is 14.8 Å². The summed E-state index contributed by atoms with van der Waals surface area (Å²) in [4.78, 5) is 12.1. The minimum atomic E-state index is -1.26. The summed E-state index contributed by atoms with van der Waals surface area (Å²) in [6.45, 7) is 0.458. The Labute approximate surface area is 164 Å². The number of unbranched alkanes of at least 4 members (excludes halogenated alkanes) is 2. The minimum absolute atomic E-state index is 0. The van der Waals surface area contributed by atoms with Crippen LogP contribution in [-0.4, -0.2) is 43.3 Å². The van der Waals surface area contributed by atoms with E-state index >= 15 is 0 Å². The van der Waals surface area contributed by atoms with Crippen molar-refractivity contribution in [3.05, 3.63) is 41.7 Å². The number of halogens is 1. The van der Waals surface area contributed by atoms with Crippen molar-refractivity contribution in [1.29, 1.82) is 0 Å². The molecule has 0 aliphatic rings. The molecule has 1 aromatic carbocycles. The van der Waals surface area contributed by atoms with E-state index in [-0.39, 0.29) is 30.9 Å². The number of nitrogens with one attached hydrogen (secondary N) is 1. The lowest BCUT2D eigenvalue weighted by Crippen LogP contribution is -2.29. The zero-order chi connectivity index (χ0) is 18.8. The van der Waals surface area contributed by atoms with Gasteiger partial charge in [0.05, 0.1) is 6.04 Å². The number of amides is 1. The van der Waals surface area contributed by atoms with Crippen LogP contribution in [0, 0.1) is 0 Å². The number of hydrogen-bond acceptors (Lipinski definition) is 7. The molecule has 0 aliphatic heterocycles. The maximum Gasteiger partial charge on any atom is 0.451 e. The molecule has 2 rings (SSSR count). The molecule has 5 N–H and O–H groups in total. The van der Waals surface area contributed by atoms with Crippen molar-refractivity contribution in [2.75, 3.05) is 0 Å². The number of carbonyl (C=O) groups excluding carboxylic acids is 1. The molecular weight excluding hydrogens is 370 g/mol. The Bertz CT molecular complexity index is 673. The molecule has 1 atom stereocenters. The minimum Gasteiger partial charge on any atom is -0.427 e. The van der Waals surface area contributed by atoms with Crippen molar-refractivity contribution in [3.8, 4) is 0 Å². The summed E-state index contributed by atoms with van der Waals surface area (Å²) in [5.74, 6) is 0.286. The molecule has 1 amide bonds. The molecule has 0 fully saturated rings. The van der Waals surface area contributed by atoms with Gasteiger partial charge >= 0.3 is 7.12 Å². The van der Waals surface area contributed by atoms with Gasteiger partial charge < -0.3 is 21.1 Å². The first-order valence-corrected chi connectivity index (χ1v) is 8.74. The van der Waals surface area contributed by atoms with Crippen LogP contribution in [0.25, 0.3) is 0 Å². The number of nitrogens with zero attached hydrogens (tertiary/aromatic N) is 4. The van der Waals surface area contributed by atoms with E-state index in [2.05, 4.69) is 20.8 Å². The summed E-state index contributed by atoms with van der Waals surface area (Å²) in [6, 6.07) is 9.27. The molecular formula is C16H26BClN6O3. The summed E-state index contributed by atoms with van der Waals surface area (Å²) >= 11 is 0. The van der Waals surface area contributed by atoms with Gasteiger partial charge in [-0.25, -0.2) is 4.68 Å². The third kappa shape index (κ3) is 8.48. The van der Waals surface area contributed by atoms with Gasteiger partial charge in [0, 0.05) is 6.54 Å². The average molecular weight is 397 g/mol. The van der Waals surface area contributed by atoms with Crippen molar-refractivity contribution >= 4 is 25.4 Å². The Balaban J connectivity index is 0.00000364. The maximum absolute atomic E-state index is 12.1. The second-order valence-electron chi connectivity index (χ2n) is 6.18. The molecule has 0 aliphatic carbocycles. The lowest BCUT2D eigenvalue weighted by atomic mass is 9.83. The summed E-state index contributed by atoms with van der Waals surface area (Å²) in [6.07, 6.45) is 3.39. The predicted molar refractivity (Wildman–Crippen MR) is 104 cm³/mol. The van der Waals surface area contributed by atoms with Crippen LogP contribution in [0.5, 0.6) is 0 Å². The van der Waals surface area contributed by atoms with Crippen LogP contribution in [0.15, 0.2) is 30.3 Å². The van der Waals surface area contributed by atoms with Crippen LogP contribution in [0.4, 0.5) is 0 Å². The molecule has 0 radical (unpaired) electrons. The Morgan fingerprint density at radius 2 is 1.96 bits per heavy atom. The van der Waals surface area contributed by atoms with Gasteiger partial charge in [-0.1, -0.05) is 49.6 Å². The monoisotopic (exact) mass is 396 g/mol. The van der Waals surface area contributed by atoms with E-state index in [1.165, 1.54) is 4.68 Å². The molecule has 9 nitrogen and oxygen atoms in total. The fourth-order valence-electron chi connectivity index (χ4n) is 2.58. The molecule has 1 heterocycles. The van der Waals surface area contributed by atoms with Crippen LogP contribution in [0.1, 0.15) is 43.1 Å². The summed E-state index contributed by atoms with van der Waals surface area (Å²) in [5.41, 5.74) is 7.15. The Kier molecular flexibility index (Phi) is 10.6. The quantitative estimate of drug-likeness (QED) is 0.319. The Hall–Kier alpha value is -2.01. The van der Waals surface area contributed by atoms with Crippen molar-refractivity contribution in [3.63, 3.8) is 0 Å². The normalized spacial score (nSPS) is 11.5. The highest BCUT2D eigenvalue weighted by Gasteiger charge is 2.17. The van der Waals surface area contributed by atoms with Crippen LogP contribution < -0.4 is 11.1 Å². The molecule has 148 valence electrons.